The molecule has 0 bridgehead atoms. The molecule has 0 amide bonds. The summed E-state index contributed by atoms with van der Waals surface area (Å²) >= 11 is 1.55. The van der Waals surface area contributed by atoms with Crippen molar-refractivity contribution in [1.82, 2.24) is 0 Å². The largest absolute Gasteiger partial charge is 0.294 e. The van der Waals surface area contributed by atoms with Crippen LogP contribution in [0, 0.1) is 0 Å². The molecule has 0 atom stereocenters. The average molecular weight is 100 g/mol. The van der Waals surface area contributed by atoms with Gasteiger partial charge >= 0.3 is 0 Å². The molecule has 1 heterocycles. The highest BCUT2D eigenvalue weighted by Crippen LogP contribution is 2.08. The van der Waals surface area contributed by atoms with E-state index in [1.54, 1.807) is 17.8 Å². The highest BCUT2D eigenvalue weighted by Gasteiger charge is 1.99. The van der Waals surface area contributed by atoms with Crippen molar-refractivity contribution in [3.8, 4) is 0 Å². The number of thioether (sulfide) groups is 1. The van der Waals surface area contributed by atoms with Crippen LogP contribution < -0.4 is 0 Å². The van der Waals surface area contributed by atoms with Gasteiger partial charge in [-0.2, -0.15) is 0 Å². The molecule has 1 aliphatic heterocycles. The van der Waals surface area contributed by atoms with Gasteiger partial charge < -0.3 is 0 Å². The summed E-state index contributed by atoms with van der Waals surface area (Å²) in [6, 6.07) is 0. The molecule has 0 aromatic carbocycles. The zero-order chi connectivity index (χ0) is 4.41. The summed E-state index contributed by atoms with van der Waals surface area (Å²) in [4.78, 5) is 10.1. The Bertz CT molecular complexity index is 95.7. The highest BCUT2D eigenvalue weighted by atomic mass is 32.2. The van der Waals surface area contributed by atoms with E-state index < -0.39 is 0 Å². The van der Waals surface area contributed by atoms with Gasteiger partial charge in [-0.15, -0.1) is 11.8 Å². The first-order valence-corrected chi connectivity index (χ1v) is 2.75. The Balaban J connectivity index is 2.59. The molecule has 0 aromatic rings. The van der Waals surface area contributed by atoms with E-state index in [0.29, 0.717) is 5.75 Å². The molecule has 32 valence electrons. The molecule has 0 fully saturated rings. The van der Waals surface area contributed by atoms with Gasteiger partial charge in [0.2, 0.25) is 0 Å². The highest BCUT2D eigenvalue weighted by molar-refractivity contribution is 8.03. The Hall–Kier alpha value is -0.240. The summed E-state index contributed by atoms with van der Waals surface area (Å²) in [6.45, 7) is 0. The van der Waals surface area contributed by atoms with Crippen molar-refractivity contribution in [2.45, 2.75) is 0 Å². The topological polar surface area (TPSA) is 17.1 Å². The lowest BCUT2D eigenvalue weighted by atomic mass is 10.5. The summed E-state index contributed by atoms with van der Waals surface area (Å²) in [6.07, 6.45) is 1.60. The van der Waals surface area contributed by atoms with Gasteiger partial charge in [-0.1, -0.05) is 0 Å². The minimum Gasteiger partial charge on any atom is -0.294 e. The van der Waals surface area contributed by atoms with E-state index in [-0.39, 0.29) is 5.78 Å². The van der Waals surface area contributed by atoms with Crippen molar-refractivity contribution in [1.29, 1.82) is 0 Å². The molecule has 0 aromatic heterocycles. The molecule has 1 rings (SSSR count). The maximum absolute atomic E-state index is 10.1. The Morgan fingerprint density at radius 3 is 2.83 bits per heavy atom. The quantitative estimate of drug-likeness (QED) is 0.448. The Morgan fingerprint density at radius 2 is 2.67 bits per heavy atom. The number of ketones is 1. The van der Waals surface area contributed by atoms with Gasteiger partial charge in [-0.25, -0.2) is 0 Å². The normalized spacial score (nSPS) is 19.7. The van der Waals surface area contributed by atoms with E-state index in [2.05, 4.69) is 0 Å². The second-order valence-electron chi connectivity index (χ2n) is 1.08. The van der Waals surface area contributed by atoms with Crippen molar-refractivity contribution in [3.63, 3.8) is 0 Å². The summed E-state index contributed by atoms with van der Waals surface area (Å²) in [5.41, 5.74) is 0. The fourth-order valence-electron chi connectivity index (χ4n) is 0.302. The maximum atomic E-state index is 10.1. The number of carbonyl (C=O) groups excluding carboxylic acids is 1. The molecule has 6 heavy (non-hydrogen) atoms. The lowest BCUT2D eigenvalue weighted by Gasteiger charge is -1.71. The van der Waals surface area contributed by atoms with Gasteiger partial charge in [0, 0.05) is 0 Å². The number of hydrogen-bond acceptors (Lipinski definition) is 2. The first kappa shape index (κ1) is 3.93. The van der Waals surface area contributed by atoms with E-state index >= 15 is 0 Å². The number of allylic oxidation sites excluding steroid dienone is 1. The van der Waals surface area contributed by atoms with Crippen LogP contribution in [0.25, 0.3) is 0 Å². The molecule has 0 saturated carbocycles. The zero-order valence-electron chi connectivity index (χ0n) is 3.18. The predicted octanol–water partition coefficient (Wildman–Crippen LogP) is 0.816. The number of rotatable bonds is 0. The zero-order valence-corrected chi connectivity index (χ0v) is 3.99. The SMILES string of the molecule is O=C1C=CSC1. The van der Waals surface area contributed by atoms with Crippen LogP contribution in [0.1, 0.15) is 0 Å². The summed E-state index contributed by atoms with van der Waals surface area (Å²) in [5.74, 6) is 0.889. The van der Waals surface area contributed by atoms with Crippen LogP contribution in [0.5, 0.6) is 0 Å². The second kappa shape index (κ2) is 1.47. The van der Waals surface area contributed by atoms with Gasteiger partial charge in [0.25, 0.3) is 0 Å². The monoisotopic (exact) mass is 100.0 g/mol. The smallest absolute Gasteiger partial charge is 0.166 e. The molecule has 0 saturated heterocycles. The molecule has 1 nitrogen and oxygen atoms in total. The lowest BCUT2D eigenvalue weighted by Crippen LogP contribution is -1.86. The van der Waals surface area contributed by atoms with Gasteiger partial charge in [0.1, 0.15) is 0 Å². The fourth-order valence-corrected chi connectivity index (χ4v) is 0.907. The van der Waals surface area contributed by atoms with Crippen LogP contribution in [0.15, 0.2) is 11.5 Å². The van der Waals surface area contributed by atoms with Crippen LogP contribution in [0.2, 0.25) is 0 Å². The van der Waals surface area contributed by atoms with Gasteiger partial charge in [-0.3, -0.25) is 4.79 Å². The summed E-state index contributed by atoms with van der Waals surface area (Å²) in [7, 11) is 0. The van der Waals surface area contributed by atoms with Crippen molar-refractivity contribution < 1.29 is 4.79 Å². The Kier molecular flexibility index (Phi) is 0.965. The molecule has 0 spiro atoms. The molecule has 0 unspecified atom stereocenters. The first-order chi connectivity index (χ1) is 2.89. The van der Waals surface area contributed by atoms with Gasteiger partial charge in [0.15, 0.2) is 5.78 Å². The number of hydrogen-bond donors (Lipinski definition) is 0. The van der Waals surface area contributed by atoms with E-state index in [1.807, 2.05) is 5.41 Å². The summed E-state index contributed by atoms with van der Waals surface area (Å²) < 4.78 is 0. The van der Waals surface area contributed by atoms with Gasteiger partial charge in [-0.05, 0) is 11.5 Å². The Morgan fingerprint density at radius 1 is 1.83 bits per heavy atom. The average Bonchev–Trinajstić information content (AvgIpc) is 1.86. The van der Waals surface area contributed by atoms with Crippen molar-refractivity contribution >= 4 is 17.5 Å². The molecular weight excluding hydrogens is 96.1 g/mol. The first-order valence-electron chi connectivity index (χ1n) is 1.70. The van der Waals surface area contributed by atoms with Crippen LogP contribution in [0.4, 0.5) is 0 Å². The van der Waals surface area contributed by atoms with Crippen molar-refractivity contribution in [2.24, 2.45) is 0 Å². The van der Waals surface area contributed by atoms with E-state index in [9.17, 15) is 4.79 Å². The van der Waals surface area contributed by atoms with Crippen LogP contribution in [-0.2, 0) is 4.79 Å². The maximum Gasteiger partial charge on any atom is 0.166 e. The molecule has 0 N–H and O–H groups in total. The van der Waals surface area contributed by atoms with E-state index in [4.69, 9.17) is 0 Å². The predicted molar refractivity (Wildman–Crippen MR) is 26.6 cm³/mol. The third kappa shape index (κ3) is 0.627. The van der Waals surface area contributed by atoms with Gasteiger partial charge in [0.05, 0.1) is 5.75 Å². The van der Waals surface area contributed by atoms with Crippen molar-refractivity contribution in [3.05, 3.63) is 11.5 Å². The summed E-state index contributed by atoms with van der Waals surface area (Å²) in [5, 5.41) is 1.82. The minimum absolute atomic E-state index is 0.236. The molecular formula is C4H4OS. The van der Waals surface area contributed by atoms with Crippen LogP contribution in [-0.4, -0.2) is 11.5 Å². The fraction of sp³-hybridized carbons (Fsp3) is 0.250. The molecule has 2 heteroatoms. The third-order valence-electron chi connectivity index (χ3n) is 0.576. The second-order valence-corrected chi connectivity index (χ2v) is 1.97. The third-order valence-corrected chi connectivity index (χ3v) is 1.36. The molecule has 0 aliphatic carbocycles. The molecule has 0 radical (unpaired) electrons. The standard InChI is InChI=1S/C4H4OS/c5-4-1-2-6-3-4/h1-2H,3H2. The number of carbonyl (C=O) groups is 1. The van der Waals surface area contributed by atoms with Crippen LogP contribution >= 0.6 is 11.8 Å². The van der Waals surface area contributed by atoms with E-state index in [0.717, 1.165) is 0 Å². The van der Waals surface area contributed by atoms with E-state index in [1.165, 1.54) is 0 Å². The Labute approximate surface area is 40.4 Å². The van der Waals surface area contributed by atoms with Crippen LogP contribution in [0.3, 0.4) is 0 Å². The molecule has 1 aliphatic rings. The minimum atomic E-state index is 0.236. The lowest BCUT2D eigenvalue weighted by molar-refractivity contribution is -0.112. The van der Waals surface area contributed by atoms with Crippen molar-refractivity contribution in [2.75, 3.05) is 5.75 Å².